The zero-order valence-electron chi connectivity index (χ0n) is 20.6. The van der Waals surface area contributed by atoms with Crippen molar-refractivity contribution in [2.75, 3.05) is 26.3 Å². The highest BCUT2D eigenvalue weighted by Crippen LogP contribution is 2.25. The molecule has 184 valence electrons. The Morgan fingerprint density at radius 1 is 1.15 bits per heavy atom. The molecule has 1 atom stereocenters. The molecule has 7 nitrogen and oxygen atoms in total. The monoisotopic (exact) mass is 569 g/mol. The normalized spacial score (nSPS) is 17.2. The molecule has 1 aromatic carbocycles. The molecule has 0 bridgehead atoms. The lowest BCUT2D eigenvalue weighted by Crippen LogP contribution is -2.58. The summed E-state index contributed by atoms with van der Waals surface area (Å²) >= 11 is 0. The van der Waals surface area contributed by atoms with Gasteiger partial charge in [-0.2, -0.15) is 0 Å². The van der Waals surface area contributed by atoms with Crippen LogP contribution in [0.4, 0.5) is 0 Å². The van der Waals surface area contributed by atoms with Crippen LogP contribution in [0.3, 0.4) is 0 Å². The number of rotatable bonds is 8. The summed E-state index contributed by atoms with van der Waals surface area (Å²) in [6.07, 6.45) is 3.70. The molecule has 1 aliphatic rings. The highest BCUT2D eigenvalue weighted by molar-refractivity contribution is 14.0. The highest BCUT2D eigenvalue weighted by Gasteiger charge is 2.34. The molecule has 0 spiro atoms. The molecule has 0 amide bonds. The van der Waals surface area contributed by atoms with Crippen LogP contribution in [0.15, 0.2) is 45.9 Å². The minimum Gasteiger partial charge on any atom is -0.443 e. The number of hydrogen-bond acceptors (Lipinski definition) is 5. The fourth-order valence-corrected chi connectivity index (χ4v) is 3.89. The predicted molar refractivity (Wildman–Crippen MR) is 144 cm³/mol. The summed E-state index contributed by atoms with van der Waals surface area (Å²) in [4.78, 5) is 9.10. The third-order valence-electron chi connectivity index (χ3n) is 5.88. The maximum absolute atomic E-state index is 5.89. The van der Waals surface area contributed by atoms with Crippen molar-refractivity contribution in [1.29, 1.82) is 0 Å². The molecule has 2 aromatic rings. The van der Waals surface area contributed by atoms with Crippen LogP contribution in [-0.2, 0) is 16.7 Å². The molecule has 1 aromatic heterocycles. The van der Waals surface area contributed by atoms with Crippen molar-refractivity contribution >= 4 is 29.9 Å². The van der Waals surface area contributed by atoms with Crippen molar-refractivity contribution in [1.82, 2.24) is 20.9 Å². The van der Waals surface area contributed by atoms with Gasteiger partial charge in [-0.25, -0.2) is 9.98 Å². The maximum atomic E-state index is 5.89. The minimum atomic E-state index is -0.0635. The predicted octanol–water partition coefficient (Wildman–Crippen LogP) is 4.55. The summed E-state index contributed by atoms with van der Waals surface area (Å²) in [7, 11) is 0. The molecule has 33 heavy (non-hydrogen) atoms. The van der Waals surface area contributed by atoms with Crippen molar-refractivity contribution < 1.29 is 9.15 Å². The number of guanidine groups is 1. The second-order valence-corrected chi connectivity index (χ2v) is 9.59. The number of nitrogens with zero attached hydrogens (tertiary/aromatic N) is 2. The minimum absolute atomic E-state index is 0. The smallest absolute Gasteiger partial charge is 0.216 e. The first-order valence-electron chi connectivity index (χ1n) is 11.7. The van der Waals surface area contributed by atoms with E-state index in [2.05, 4.69) is 85.9 Å². The van der Waals surface area contributed by atoms with E-state index in [0.717, 1.165) is 50.9 Å². The van der Waals surface area contributed by atoms with Crippen LogP contribution >= 0.6 is 24.0 Å². The Bertz CT molecular complexity index is 857. The van der Waals surface area contributed by atoms with E-state index in [9.17, 15) is 0 Å². The Morgan fingerprint density at radius 2 is 1.85 bits per heavy atom. The Hall–Kier alpha value is -1.65. The molecular weight excluding hydrogens is 529 g/mol. The van der Waals surface area contributed by atoms with E-state index >= 15 is 0 Å². The van der Waals surface area contributed by atoms with Gasteiger partial charge in [0.2, 0.25) is 5.89 Å². The van der Waals surface area contributed by atoms with Crippen molar-refractivity contribution in [3.8, 4) is 0 Å². The third-order valence-corrected chi connectivity index (χ3v) is 5.88. The van der Waals surface area contributed by atoms with Crippen LogP contribution < -0.4 is 16.0 Å². The van der Waals surface area contributed by atoms with Gasteiger partial charge in [-0.05, 0) is 32.3 Å². The van der Waals surface area contributed by atoms with Crippen LogP contribution in [0.2, 0.25) is 0 Å². The molecule has 1 unspecified atom stereocenters. The zero-order valence-corrected chi connectivity index (χ0v) is 22.9. The van der Waals surface area contributed by atoms with Crippen molar-refractivity contribution in [3.05, 3.63) is 53.7 Å². The van der Waals surface area contributed by atoms with E-state index in [1.54, 1.807) is 6.20 Å². The van der Waals surface area contributed by atoms with Crippen molar-refractivity contribution in [2.45, 2.75) is 71.0 Å². The lowest BCUT2D eigenvalue weighted by Gasteiger charge is -2.41. The lowest BCUT2D eigenvalue weighted by atomic mass is 9.88. The molecule has 1 fully saturated rings. The zero-order chi connectivity index (χ0) is 23.0. The lowest BCUT2D eigenvalue weighted by molar-refractivity contribution is 0.0355. The van der Waals surface area contributed by atoms with E-state index in [0.29, 0.717) is 12.4 Å². The fourth-order valence-electron chi connectivity index (χ4n) is 3.89. The summed E-state index contributed by atoms with van der Waals surface area (Å²) in [5, 5.41) is 10.8. The first-order valence-corrected chi connectivity index (χ1v) is 11.7. The van der Waals surface area contributed by atoms with Crippen molar-refractivity contribution in [2.24, 2.45) is 4.99 Å². The summed E-state index contributed by atoms with van der Waals surface area (Å²) in [6, 6.07) is 10.8. The van der Waals surface area contributed by atoms with Gasteiger partial charge in [0.15, 0.2) is 5.96 Å². The molecule has 3 rings (SSSR count). The number of aliphatic imine (C=N–C) groups is 1. The molecule has 0 aliphatic carbocycles. The third kappa shape index (κ3) is 8.26. The Kier molecular flexibility index (Phi) is 10.6. The Morgan fingerprint density at radius 3 is 2.45 bits per heavy atom. The van der Waals surface area contributed by atoms with Gasteiger partial charge in [0.05, 0.1) is 6.20 Å². The first-order chi connectivity index (χ1) is 15.3. The number of ether oxygens (including phenoxy) is 1. The Balaban J connectivity index is 0.00000385. The summed E-state index contributed by atoms with van der Waals surface area (Å²) in [5.41, 5.74) is 1.16. The maximum Gasteiger partial charge on any atom is 0.216 e. The quantitative estimate of drug-likeness (QED) is 0.246. The molecular formula is C25H40IN5O2. The van der Waals surface area contributed by atoms with Gasteiger partial charge in [-0.3, -0.25) is 0 Å². The molecule has 1 aliphatic heterocycles. The summed E-state index contributed by atoms with van der Waals surface area (Å²) in [5.74, 6) is 2.27. The van der Waals surface area contributed by atoms with Crippen LogP contribution in [-0.4, -0.2) is 42.8 Å². The van der Waals surface area contributed by atoms with Crippen molar-refractivity contribution in [3.63, 3.8) is 0 Å². The van der Waals surface area contributed by atoms with E-state index in [1.165, 1.54) is 5.56 Å². The van der Waals surface area contributed by atoms with Crippen LogP contribution in [0.25, 0.3) is 0 Å². The number of aromatic nitrogens is 1. The van der Waals surface area contributed by atoms with Crippen LogP contribution in [0, 0.1) is 0 Å². The fraction of sp³-hybridized carbons (Fsp3) is 0.600. The van der Waals surface area contributed by atoms with Gasteiger partial charge < -0.3 is 25.1 Å². The molecule has 3 N–H and O–H groups in total. The van der Waals surface area contributed by atoms with Crippen LogP contribution in [0.1, 0.15) is 70.7 Å². The Labute approximate surface area is 215 Å². The topological polar surface area (TPSA) is 83.7 Å². The van der Waals surface area contributed by atoms with Crippen LogP contribution in [0.5, 0.6) is 0 Å². The van der Waals surface area contributed by atoms with Gasteiger partial charge in [0.1, 0.15) is 12.3 Å². The van der Waals surface area contributed by atoms with E-state index in [-0.39, 0.29) is 41.0 Å². The molecule has 1 saturated heterocycles. The van der Waals surface area contributed by atoms with Gasteiger partial charge in [0.25, 0.3) is 0 Å². The molecule has 8 heteroatoms. The first kappa shape index (κ1) is 27.6. The van der Waals surface area contributed by atoms with Gasteiger partial charge >= 0.3 is 0 Å². The average Bonchev–Trinajstić information content (AvgIpc) is 3.27. The molecule has 0 saturated carbocycles. The second kappa shape index (κ2) is 12.7. The highest BCUT2D eigenvalue weighted by atomic mass is 127. The van der Waals surface area contributed by atoms with E-state index < -0.39 is 0 Å². The summed E-state index contributed by atoms with van der Waals surface area (Å²) in [6.45, 7) is 14.1. The average molecular weight is 570 g/mol. The van der Waals surface area contributed by atoms with E-state index in [1.807, 2.05) is 0 Å². The summed E-state index contributed by atoms with van der Waals surface area (Å²) < 4.78 is 11.6. The van der Waals surface area contributed by atoms with E-state index in [4.69, 9.17) is 14.1 Å². The van der Waals surface area contributed by atoms with Gasteiger partial charge in [-0.1, -0.05) is 51.1 Å². The number of halogens is 1. The second-order valence-electron chi connectivity index (χ2n) is 9.59. The SMILES string of the molecule is CCNC(=NCc1ncc(C(C)(C)C)o1)NCC1(NC(C)c2ccccc2)CCOCC1.I. The molecule has 2 heterocycles. The van der Waals surface area contributed by atoms with Gasteiger partial charge in [0, 0.05) is 43.3 Å². The standard InChI is InChI=1S/C25H39N5O2.HI/c1-6-26-23(28-17-22-27-16-21(32-22)24(3,4)5)29-18-25(12-14-31-15-13-25)30-19(2)20-10-8-7-9-11-20;/h7-11,16,19,30H,6,12-15,17-18H2,1-5H3,(H2,26,28,29);1H. The van der Waals surface area contributed by atoms with Gasteiger partial charge in [-0.15, -0.1) is 24.0 Å². The number of nitrogens with one attached hydrogen (secondary N) is 3. The molecule has 0 radical (unpaired) electrons. The largest absolute Gasteiger partial charge is 0.443 e. The number of hydrogen-bond donors (Lipinski definition) is 3. The number of oxazole rings is 1. The number of benzene rings is 1.